The molecule has 1 aliphatic heterocycles. The third-order valence-corrected chi connectivity index (χ3v) is 3.41. The van der Waals surface area contributed by atoms with Crippen molar-refractivity contribution in [2.75, 3.05) is 27.2 Å². The monoisotopic (exact) mass is 255 g/mol. The van der Waals surface area contributed by atoms with Crippen LogP contribution in [0.25, 0.3) is 0 Å². The van der Waals surface area contributed by atoms with E-state index in [1.54, 1.807) is 11.8 Å². The number of piperazine rings is 1. The zero-order chi connectivity index (χ0) is 13.7. The molecule has 1 fully saturated rings. The summed E-state index contributed by atoms with van der Waals surface area (Å²) in [6, 6.07) is -0.665. The van der Waals surface area contributed by atoms with E-state index in [1.165, 1.54) is 0 Å². The second kappa shape index (κ2) is 6.73. The maximum atomic E-state index is 12.1. The predicted octanol–water partition coefficient (Wildman–Crippen LogP) is 0.454. The molecule has 2 unspecified atom stereocenters. The Kier molecular flexibility index (Phi) is 5.59. The highest BCUT2D eigenvalue weighted by Crippen LogP contribution is 2.13. The fourth-order valence-electron chi connectivity index (χ4n) is 2.18. The molecule has 0 radical (unpaired) electrons. The van der Waals surface area contributed by atoms with Crippen LogP contribution in [0.4, 0.5) is 0 Å². The molecule has 104 valence electrons. The first-order chi connectivity index (χ1) is 8.47. The van der Waals surface area contributed by atoms with Crippen molar-refractivity contribution in [2.45, 2.75) is 45.2 Å². The number of unbranched alkanes of at least 4 members (excludes halogenated alkanes) is 1. The SMILES string of the molecule is CCC1NC(=O)C(C)N(CCCCN(C)C)C1=O. The molecule has 18 heavy (non-hydrogen) atoms. The molecule has 1 rings (SSSR count). The van der Waals surface area contributed by atoms with Crippen molar-refractivity contribution in [1.82, 2.24) is 15.1 Å². The summed E-state index contributed by atoms with van der Waals surface area (Å²) in [4.78, 5) is 27.7. The second-order valence-electron chi connectivity index (χ2n) is 5.19. The predicted molar refractivity (Wildman–Crippen MR) is 71.2 cm³/mol. The Morgan fingerprint density at radius 2 is 1.94 bits per heavy atom. The molecule has 1 aliphatic rings. The van der Waals surface area contributed by atoms with Gasteiger partial charge in [-0.05, 0) is 46.8 Å². The van der Waals surface area contributed by atoms with Crippen molar-refractivity contribution in [2.24, 2.45) is 0 Å². The smallest absolute Gasteiger partial charge is 0.245 e. The summed E-state index contributed by atoms with van der Waals surface area (Å²) >= 11 is 0. The van der Waals surface area contributed by atoms with Crippen LogP contribution in [-0.4, -0.2) is 60.9 Å². The Morgan fingerprint density at radius 3 is 2.50 bits per heavy atom. The molecule has 0 aromatic rings. The standard InChI is InChI=1S/C13H25N3O2/c1-5-11-13(18)16(10(2)12(17)14-11)9-7-6-8-15(3)4/h10-11H,5-9H2,1-4H3,(H,14,17). The molecule has 2 atom stereocenters. The van der Waals surface area contributed by atoms with Crippen molar-refractivity contribution in [1.29, 1.82) is 0 Å². The molecule has 0 bridgehead atoms. The van der Waals surface area contributed by atoms with Gasteiger partial charge in [-0.2, -0.15) is 0 Å². The molecule has 1 heterocycles. The number of hydrogen-bond acceptors (Lipinski definition) is 3. The van der Waals surface area contributed by atoms with Gasteiger partial charge in [0, 0.05) is 6.54 Å². The lowest BCUT2D eigenvalue weighted by Gasteiger charge is -2.37. The van der Waals surface area contributed by atoms with Gasteiger partial charge in [0.2, 0.25) is 11.8 Å². The number of rotatable bonds is 6. The minimum absolute atomic E-state index is 0.0333. The van der Waals surface area contributed by atoms with Crippen molar-refractivity contribution >= 4 is 11.8 Å². The Balaban J connectivity index is 2.49. The molecule has 1 saturated heterocycles. The van der Waals surface area contributed by atoms with Crippen molar-refractivity contribution in [3.05, 3.63) is 0 Å². The van der Waals surface area contributed by atoms with E-state index in [-0.39, 0.29) is 23.9 Å². The minimum atomic E-state index is -0.334. The topological polar surface area (TPSA) is 52.7 Å². The Bertz CT molecular complexity index is 305. The average Bonchev–Trinajstić information content (AvgIpc) is 2.32. The highest BCUT2D eigenvalue weighted by Gasteiger charge is 2.36. The number of nitrogens with zero attached hydrogens (tertiary/aromatic N) is 2. The molecule has 0 aromatic heterocycles. The second-order valence-corrected chi connectivity index (χ2v) is 5.19. The summed E-state index contributed by atoms with van der Waals surface area (Å²) in [6.07, 6.45) is 2.64. The van der Waals surface area contributed by atoms with Crippen LogP contribution >= 0.6 is 0 Å². The lowest BCUT2D eigenvalue weighted by atomic mass is 10.1. The van der Waals surface area contributed by atoms with Gasteiger partial charge in [-0.1, -0.05) is 6.92 Å². The van der Waals surface area contributed by atoms with E-state index >= 15 is 0 Å². The molecule has 0 spiro atoms. The van der Waals surface area contributed by atoms with Crippen molar-refractivity contribution < 1.29 is 9.59 Å². The largest absolute Gasteiger partial charge is 0.343 e. The van der Waals surface area contributed by atoms with Gasteiger partial charge in [0.1, 0.15) is 12.1 Å². The van der Waals surface area contributed by atoms with Crippen LogP contribution in [-0.2, 0) is 9.59 Å². The summed E-state index contributed by atoms with van der Waals surface area (Å²) in [6.45, 7) is 5.41. The minimum Gasteiger partial charge on any atom is -0.343 e. The summed E-state index contributed by atoms with van der Waals surface area (Å²) in [5.74, 6) is 0.0310. The summed E-state index contributed by atoms with van der Waals surface area (Å²) in [5, 5.41) is 2.77. The van der Waals surface area contributed by atoms with Crippen LogP contribution in [0.15, 0.2) is 0 Å². The number of hydrogen-bond donors (Lipinski definition) is 1. The molecular weight excluding hydrogens is 230 g/mol. The molecule has 5 heteroatoms. The van der Waals surface area contributed by atoms with Gasteiger partial charge < -0.3 is 15.1 Å². The normalized spacial score (nSPS) is 24.6. The fraction of sp³-hybridized carbons (Fsp3) is 0.846. The van der Waals surface area contributed by atoms with Gasteiger partial charge in [-0.3, -0.25) is 9.59 Å². The van der Waals surface area contributed by atoms with Gasteiger partial charge in [-0.15, -0.1) is 0 Å². The van der Waals surface area contributed by atoms with E-state index in [1.807, 2.05) is 21.0 Å². The third-order valence-electron chi connectivity index (χ3n) is 3.41. The van der Waals surface area contributed by atoms with Gasteiger partial charge in [0.15, 0.2) is 0 Å². The van der Waals surface area contributed by atoms with Gasteiger partial charge in [-0.25, -0.2) is 0 Å². The maximum absolute atomic E-state index is 12.1. The van der Waals surface area contributed by atoms with E-state index < -0.39 is 0 Å². The molecule has 2 amide bonds. The van der Waals surface area contributed by atoms with E-state index in [0.29, 0.717) is 13.0 Å². The van der Waals surface area contributed by atoms with Crippen molar-refractivity contribution in [3.8, 4) is 0 Å². The van der Waals surface area contributed by atoms with Crippen LogP contribution in [0.3, 0.4) is 0 Å². The quantitative estimate of drug-likeness (QED) is 0.701. The van der Waals surface area contributed by atoms with Crippen molar-refractivity contribution in [3.63, 3.8) is 0 Å². The molecule has 0 saturated carbocycles. The van der Waals surface area contributed by atoms with Gasteiger partial charge >= 0.3 is 0 Å². The zero-order valence-electron chi connectivity index (χ0n) is 11.9. The highest BCUT2D eigenvalue weighted by molar-refractivity contribution is 5.96. The van der Waals surface area contributed by atoms with Gasteiger partial charge in [0.05, 0.1) is 0 Å². The molecule has 1 N–H and O–H groups in total. The molecule has 0 aromatic carbocycles. The Hall–Kier alpha value is -1.10. The van der Waals surface area contributed by atoms with E-state index in [2.05, 4.69) is 10.2 Å². The summed E-state index contributed by atoms with van der Waals surface area (Å²) in [7, 11) is 4.07. The number of carbonyl (C=O) groups excluding carboxylic acids is 2. The van der Waals surface area contributed by atoms with Gasteiger partial charge in [0.25, 0.3) is 0 Å². The van der Waals surface area contributed by atoms with Crippen LogP contribution in [0, 0.1) is 0 Å². The van der Waals surface area contributed by atoms with E-state index in [0.717, 1.165) is 19.4 Å². The maximum Gasteiger partial charge on any atom is 0.245 e. The average molecular weight is 255 g/mol. The van der Waals surface area contributed by atoms with Crippen LogP contribution in [0.5, 0.6) is 0 Å². The lowest BCUT2D eigenvalue weighted by molar-refractivity contribution is -0.148. The molecule has 0 aliphatic carbocycles. The third kappa shape index (κ3) is 3.70. The number of amides is 2. The van der Waals surface area contributed by atoms with Crippen LogP contribution in [0.1, 0.15) is 33.1 Å². The lowest BCUT2D eigenvalue weighted by Crippen LogP contribution is -2.62. The first kappa shape index (κ1) is 15.0. The molecular formula is C13H25N3O2. The fourth-order valence-corrected chi connectivity index (χ4v) is 2.18. The Labute approximate surface area is 110 Å². The van der Waals surface area contributed by atoms with E-state index in [9.17, 15) is 9.59 Å². The molecule has 5 nitrogen and oxygen atoms in total. The first-order valence-electron chi connectivity index (χ1n) is 6.73. The summed E-state index contributed by atoms with van der Waals surface area (Å²) < 4.78 is 0. The van der Waals surface area contributed by atoms with Crippen LogP contribution < -0.4 is 5.32 Å². The number of nitrogens with one attached hydrogen (secondary N) is 1. The Morgan fingerprint density at radius 1 is 1.28 bits per heavy atom. The highest BCUT2D eigenvalue weighted by atomic mass is 16.2. The summed E-state index contributed by atoms with van der Waals surface area (Å²) in [5.41, 5.74) is 0. The number of carbonyl (C=O) groups is 2. The van der Waals surface area contributed by atoms with Crippen LogP contribution in [0.2, 0.25) is 0 Å². The first-order valence-corrected chi connectivity index (χ1v) is 6.73. The van der Waals surface area contributed by atoms with E-state index in [4.69, 9.17) is 0 Å². The zero-order valence-corrected chi connectivity index (χ0v) is 11.9.